The minimum atomic E-state index is -4.12. The second kappa shape index (κ2) is 6.24. The number of halogens is 4. The SMILES string of the molecule is NC(=S)c1ccc(NCCCC(F)(F)F)cc1Cl. The van der Waals surface area contributed by atoms with Gasteiger partial charge >= 0.3 is 6.18 Å². The Morgan fingerprint density at radius 1 is 1.39 bits per heavy atom. The van der Waals surface area contributed by atoms with Crippen LogP contribution in [0.3, 0.4) is 0 Å². The second-order valence-corrected chi connectivity index (χ2v) is 4.55. The number of rotatable bonds is 5. The summed E-state index contributed by atoms with van der Waals surface area (Å²) in [5.41, 5.74) is 6.63. The van der Waals surface area contributed by atoms with Crippen molar-refractivity contribution in [3.05, 3.63) is 28.8 Å². The standard InChI is InChI=1S/C11H12ClF3N2S/c12-9-6-7(2-3-8(9)10(16)18)17-5-1-4-11(13,14)15/h2-3,6,17H,1,4-5H2,(H2,16,18). The van der Waals surface area contributed by atoms with Gasteiger partial charge in [-0.2, -0.15) is 13.2 Å². The van der Waals surface area contributed by atoms with Crippen LogP contribution >= 0.6 is 23.8 Å². The molecule has 0 aromatic heterocycles. The van der Waals surface area contributed by atoms with E-state index >= 15 is 0 Å². The van der Waals surface area contributed by atoms with Gasteiger partial charge in [-0.1, -0.05) is 23.8 Å². The molecule has 1 aromatic rings. The van der Waals surface area contributed by atoms with Gasteiger partial charge in [-0.25, -0.2) is 0 Å². The van der Waals surface area contributed by atoms with Crippen molar-refractivity contribution >= 4 is 34.5 Å². The predicted molar refractivity (Wildman–Crippen MR) is 71.1 cm³/mol. The Kier molecular flexibility index (Phi) is 5.22. The monoisotopic (exact) mass is 296 g/mol. The second-order valence-electron chi connectivity index (χ2n) is 3.70. The molecule has 1 rings (SSSR count). The smallest absolute Gasteiger partial charge is 0.389 e. The van der Waals surface area contributed by atoms with Gasteiger partial charge in [0.05, 0.1) is 5.02 Å². The van der Waals surface area contributed by atoms with Gasteiger partial charge in [-0.05, 0) is 24.6 Å². The molecule has 0 aliphatic rings. The minimum Gasteiger partial charge on any atom is -0.389 e. The lowest BCUT2D eigenvalue weighted by Gasteiger charge is -2.10. The molecule has 0 atom stereocenters. The number of nitrogens with one attached hydrogen (secondary N) is 1. The fourth-order valence-electron chi connectivity index (χ4n) is 1.35. The van der Waals surface area contributed by atoms with Crippen molar-refractivity contribution in [2.45, 2.75) is 19.0 Å². The molecule has 2 nitrogen and oxygen atoms in total. The Morgan fingerprint density at radius 3 is 2.56 bits per heavy atom. The maximum Gasteiger partial charge on any atom is 0.389 e. The molecule has 0 aliphatic carbocycles. The summed E-state index contributed by atoms with van der Waals surface area (Å²) in [5, 5.41) is 3.23. The van der Waals surface area contributed by atoms with Gasteiger partial charge in [0, 0.05) is 24.2 Å². The number of benzene rings is 1. The molecule has 0 spiro atoms. The topological polar surface area (TPSA) is 38.0 Å². The Morgan fingerprint density at radius 2 is 2.06 bits per heavy atom. The van der Waals surface area contributed by atoms with E-state index in [-0.39, 0.29) is 18.0 Å². The van der Waals surface area contributed by atoms with E-state index in [1.165, 1.54) is 0 Å². The maximum atomic E-state index is 11.9. The fourth-order valence-corrected chi connectivity index (χ4v) is 1.86. The largest absolute Gasteiger partial charge is 0.389 e. The normalized spacial score (nSPS) is 11.3. The van der Waals surface area contributed by atoms with Crippen molar-refractivity contribution < 1.29 is 13.2 Å². The first kappa shape index (κ1) is 15.0. The van der Waals surface area contributed by atoms with E-state index in [9.17, 15) is 13.2 Å². The van der Waals surface area contributed by atoms with Crippen molar-refractivity contribution in [1.82, 2.24) is 0 Å². The molecule has 1 aromatic carbocycles. The molecule has 3 N–H and O–H groups in total. The van der Waals surface area contributed by atoms with Gasteiger partial charge in [0.1, 0.15) is 4.99 Å². The zero-order valence-corrected chi connectivity index (χ0v) is 10.9. The summed E-state index contributed by atoms with van der Waals surface area (Å²) in [7, 11) is 0. The lowest BCUT2D eigenvalue weighted by Crippen LogP contribution is -2.12. The van der Waals surface area contributed by atoms with Gasteiger partial charge in [-0.15, -0.1) is 0 Å². The molecule has 100 valence electrons. The molecule has 0 unspecified atom stereocenters. The number of thiocarbonyl (C=S) groups is 1. The summed E-state index contributed by atoms with van der Waals surface area (Å²) in [4.78, 5) is 0.184. The zero-order chi connectivity index (χ0) is 13.8. The Hall–Kier alpha value is -1.01. The lowest BCUT2D eigenvalue weighted by molar-refractivity contribution is -0.134. The van der Waals surface area contributed by atoms with Crippen LogP contribution in [0.1, 0.15) is 18.4 Å². The third-order valence-corrected chi connectivity index (χ3v) is 2.73. The summed E-state index contributed by atoms with van der Waals surface area (Å²) in [6.07, 6.45) is -4.91. The quantitative estimate of drug-likeness (QED) is 0.642. The van der Waals surface area contributed by atoms with E-state index in [0.29, 0.717) is 16.3 Å². The lowest BCUT2D eigenvalue weighted by atomic mass is 10.2. The van der Waals surface area contributed by atoms with Crippen LogP contribution in [0.25, 0.3) is 0 Å². The molecule has 0 radical (unpaired) electrons. The highest BCUT2D eigenvalue weighted by atomic mass is 35.5. The first-order chi connectivity index (χ1) is 8.29. The van der Waals surface area contributed by atoms with E-state index in [2.05, 4.69) is 5.32 Å². The van der Waals surface area contributed by atoms with Crippen LogP contribution in [0, 0.1) is 0 Å². The maximum absolute atomic E-state index is 11.9. The Bertz CT molecular complexity index is 435. The molecule has 0 heterocycles. The summed E-state index contributed by atoms with van der Waals surface area (Å²) in [6, 6.07) is 4.90. The van der Waals surface area contributed by atoms with Crippen molar-refractivity contribution in [3.63, 3.8) is 0 Å². The number of hydrogen-bond donors (Lipinski definition) is 2. The van der Waals surface area contributed by atoms with E-state index in [1.54, 1.807) is 18.2 Å². The van der Waals surface area contributed by atoms with Crippen molar-refractivity contribution in [3.8, 4) is 0 Å². The minimum absolute atomic E-state index is 0.0121. The average molecular weight is 297 g/mol. The van der Waals surface area contributed by atoms with Crippen LogP contribution in [-0.4, -0.2) is 17.7 Å². The van der Waals surface area contributed by atoms with E-state index in [1.807, 2.05) is 0 Å². The van der Waals surface area contributed by atoms with Gasteiger partial charge in [-0.3, -0.25) is 0 Å². The molecular formula is C11H12ClF3N2S. The van der Waals surface area contributed by atoms with Crippen LogP contribution in [0.2, 0.25) is 5.02 Å². The molecular weight excluding hydrogens is 285 g/mol. The molecule has 7 heteroatoms. The molecule has 0 aliphatic heterocycles. The summed E-state index contributed by atoms with van der Waals surface area (Å²) in [6.45, 7) is 0.224. The van der Waals surface area contributed by atoms with Gasteiger partial charge in [0.15, 0.2) is 0 Å². The fraction of sp³-hybridized carbons (Fsp3) is 0.364. The molecule has 0 bridgehead atoms. The third-order valence-electron chi connectivity index (χ3n) is 2.20. The molecule has 0 fully saturated rings. The number of nitrogens with two attached hydrogens (primary N) is 1. The van der Waals surface area contributed by atoms with Gasteiger partial charge in [0.2, 0.25) is 0 Å². The van der Waals surface area contributed by atoms with Crippen molar-refractivity contribution in [1.29, 1.82) is 0 Å². The first-order valence-electron chi connectivity index (χ1n) is 5.19. The van der Waals surface area contributed by atoms with Crippen LogP contribution < -0.4 is 11.1 Å². The third kappa shape index (κ3) is 5.10. The van der Waals surface area contributed by atoms with Crippen LogP contribution in [-0.2, 0) is 0 Å². The number of hydrogen-bond acceptors (Lipinski definition) is 2. The Balaban J connectivity index is 2.49. The van der Waals surface area contributed by atoms with E-state index in [0.717, 1.165) is 0 Å². The number of anilines is 1. The predicted octanol–water partition coefficient (Wildman–Crippen LogP) is 3.73. The highest BCUT2D eigenvalue weighted by Crippen LogP contribution is 2.23. The summed E-state index contributed by atoms with van der Waals surface area (Å²) in [5.74, 6) is 0. The van der Waals surface area contributed by atoms with E-state index in [4.69, 9.17) is 29.6 Å². The first-order valence-corrected chi connectivity index (χ1v) is 5.98. The summed E-state index contributed by atoms with van der Waals surface area (Å²) < 4.78 is 35.7. The Labute approximate surface area is 113 Å². The van der Waals surface area contributed by atoms with Gasteiger partial charge in [0.25, 0.3) is 0 Å². The highest BCUT2D eigenvalue weighted by Gasteiger charge is 2.25. The van der Waals surface area contributed by atoms with Crippen molar-refractivity contribution in [2.75, 3.05) is 11.9 Å². The van der Waals surface area contributed by atoms with Crippen LogP contribution in [0.5, 0.6) is 0 Å². The van der Waals surface area contributed by atoms with Gasteiger partial charge < -0.3 is 11.1 Å². The number of alkyl halides is 3. The molecule has 0 saturated carbocycles. The molecule has 18 heavy (non-hydrogen) atoms. The average Bonchev–Trinajstić information content (AvgIpc) is 2.22. The molecule has 0 amide bonds. The highest BCUT2D eigenvalue weighted by molar-refractivity contribution is 7.80. The molecule has 0 saturated heterocycles. The van der Waals surface area contributed by atoms with Crippen LogP contribution in [0.15, 0.2) is 18.2 Å². The van der Waals surface area contributed by atoms with E-state index < -0.39 is 12.6 Å². The summed E-state index contributed by atoms with van der Waals surface area (Å²) >= 11 is 10.7. The van der Waals surface area contributed by atoms with Crippen LogP contribution in [0.4, 0.5) is 18.9 Å². The van der Waals surface area contributed by atoms with Crippen molar-refractivity contribution in [2.24, 2.45) is 5.73 Å². The zero-order valence-electron chi connectivity index (χ0n) is 9.35.